The predicted molar refractivity (Wildman–Crippen MR) is 110 cm³/mol. The van der Waals surface area contributed by atoms with Crippen molar-refractivity contribution in [2.45, 2.75) is 26.8 Å². The summed E-state index contributed by atoms with van der Waals surface area (Å²) in [5.74, 6) is 0.792. The Hall–Kier alpha value is -2.65. The summed E-state index contributed by atoms with van der Waals surface area (Å²) in [7, 11) is 0. The van der Waals surface area contributed by atoms with Crippen molar-refractivity contribution >= 4 is 22.4 Å². The molecule has 9 heteroatoms. The van der Waals surface area contributed by atoms with Gasteiger partial charge in [0.1, 0.15) is 10.7 Å². The van der Waals surface area contributed by atoms with Crippen LogP contribution in [0.2, 0.25) is 0 Å². The van der Waals surface area contributed by atoms with Crippen LogP contribution in [0.4, 0.5) is 4.79 Å². The van der Waals surface area contributed by atoms with Crippen LogP contribution in [0.1, 0.15) is 34.8 Å². The third-order valence-electron chi connectivity index (χ3n) is 5.41. The molecule has 0 radical (unpaired) electrons. The molecular formula is C20H26N5O3S+. The number of hydrogen-bond acceptors (Lipinski definition) is 6. The van der Waals surface area contributed by atoms with Crippen molar-refractivity contribution in [3.63, 3.8) is 0 Å². The number of benzene rings is 1. The minimum atomic E-state index is -0.254. The van der Waals surface area contributed by atoms with Gasteiger partial charge < -0.3 is 14.7 Å². The van der Waals surface area contributed by atoms with Gasteiger partial charge in [-0.1, -0.05) is 35.6 Å². The largest absolute Gasteiger partial charge is 0.492 e. The second-order valence-corrected chi connectivity index (χ2v) is 8.29. The highest BCUT2D eigenvalue weighted by atomic mass is 32.1. The van der Waals surface area contributed by atoms with Gasteiger partial charge in [0.15, 0.2) is 6.04 Å². The Balaban J connectivity index is 1.69. The highest BCUT2D eigenvalue weighted by Gasteiger charge is 2.36. The van der Waals surface area contributed by atoms with E-state index in [1.165, 1.54) is 31.9 Å². The minimum Gasteiger partial charge on any atom is -0.492 e. The summed E-state index contributed by atoms with van der Waals surface area (Å²) in [6.07, 6.45) is -0.254. The first kappa shape index (κ1) is 19.7. The molecule has 1 fully saturated rings. The summed E-state index contributed by atoms with van der Waals surface area (Å²) in [6.45, 7) is 8.89. The molecule has 3 heterocycles. The van der Waals surface area contributed by atoms with E-state index in [9.17, 15) is 9.90 Å². The minimum absolute atomic E-state index is 0.0469. The number of quaternary nitrogens is 1. The van der Waals surface area contributed by atoms with Crippen LogP contribution < -0.4 is 4.90 Å². The Morgan fingerprint density at radius 3 is 2.69 bits per heavy atom. The summed E-state index contributed by atoms with van der Waals surface area (Å²) in [6, 6.07) is 8.21. The standard InChI is InChI=1S/C20H25N5O3S/c1-4-28-20(27)24-11-9-23(10-12-24)16(15-8-6-5-7-13(15)2)17-18(26)25-19(29-17)21-14(3)22-25/h5-8,16,26H,4,9-12H2,1-3H3/p+1/t16-/m0/s1. The van der Waals surface area contributed by atoms with Gasteiger partial charge >= 0.3 is 6.09 Å². The zero-order valence-corrected chi connectivity index (χ0v) is 17.7. The lowest BCUT2D eigenvalue weighted by molar-refractivity contribution is -0.929. The van der Waals surface area contributed by atoms with Gasteiger partial charge in [0.2, 0.25) is 10.8 Å². The Bertz CT molecular complexity index is 1020. The SMILES string of the molecule is CCOC(=O)N1CC[NH+]([C@@H](c2ccccc2C)c2sc3nc(C)nn3c2O)CC1. The molecule has 4 rings (SSSR count). The first-order chi connectivity index (χ1) is 14.0. The maximum Gasteiger partial charge on any atom is 0.410 e. The molecule has 1 aliphatic rings. The van der Waals surface area contributed by atoms with Crippen molar-refractivity contribution in [3.05, 3.63) is 46.1 Å². The molecule has 8 nitrogen and oxygen atoms in total. The Kier molecular flexibility index (Phi) is 5.42. The molecule has 29 heavy (non-hydrogen) atoms. The Morgan fingerprint density at radius 2 is 2.03 bits per heavy atom. The van der Waals surface area contributed by atoms with Crippen molar-refractivity contribution in [3.8, 4) is 5.88 Å². The van der Waals surface area contributed by atoms with E-state index >= 15 is 0 Å². The number of aryl methyl sites for hydroxylation is 2. The first-order valence-electron chi connectivity index (χ1n) is 9.86. The van der Waals surface area contributed by atoms with Crippen molar-refractivity contribution in [1.82, 2.24) is 19.5 Å². The maximum atomic E-state index is 12.1. The zero-order chi connectivity index (χ0) is 20.5. The van der Waals surface area contributed by atoms with Crippen molar-refractivity contribution in [1.29, 1.82) is 0 Å². The van der Waals surface area contributed by atoms with Gasteiger partial charge in [-0.15, -0.1) is 5.10 Å². The fourth-order valence-corrected chi connectivity index (χ4v) is 5.15. The summed E-state index contributed by atoms with van der Waals surface area (Å²) in [5.41, 5.74) is 2.34. The number of nitrogens with zero attached hydrogens (tertiary/aromatic N) is 4. The number of aromatic hydroxyl groups is 1. The Morgan fingerprint density at radius 1 is 1.31 bits per heavy atom. The number of nitrogens with one attached hydrogen (secondary N) is 1. The topological polar surface area (TPSA) is 84.4 Å². The quantitative estimate of drug-likeness (QED) is 0.674. The molecule has 2 aromatic heterocycles. The molecule has 1 amide bonds. The number of aromatic nitrogens is 3. The lowest BCUT2D eigenvalue weighted by Crippen LogP contribution is -3.15. The second-order valence-electron chi connectivity index (χ2n) is 7.28. The monoisotopic (exact) mass is 416 g/mol. The predicted octanol–water partition coefficient (Wildman–Crippen LogP) is 1.56. The molecule has 1 atom stereocenters. The highest BCUT2D eigenvalue weighted by molar-refractivity contribution is 7.17. The number of rotatable bonds is 4. The van der Waals surface area contributed by atoms with Crippen LogP contribution in [-0.4, -0.2) is 63.5 Å². The van der Waals surface area contributed by atoms with E-state index in [1.807, 2.05) is 26.0 Å². The molecule has 1 saturated heterocycles. The van der Waals surface area contributed by atoms with Gasteiger partial charge in [0.25, 0.3) is 0 Å². The molecule has 0 saturated carbocycles. The Labute approximate surface area is 173 Å². The average Bonchev–Trinajstić information content (AvgIpc) is 3.22. The fraction of sp³-hybridized carbons (Fsp3) is 0.450. The van der Waals surface area contributed by atoms with Crippen molar-refractivity contribution in [2.24, 2.45) is 0 Å². The highest BCUT2D eigenvalue weighted by Crippen LogP contribution is 2.36. The van der Waals surface area contributed by atoms with Crippen LogP contribution in [0, 0.1) is 13.8 Å². The zero-order valence-electron chi connectivity index (χ0n) is 16.9. The fourth-order valence-electron chi connectivity index (χ4n) is 3.97. The summed E-state index contributed by atoms with van der Waals surface area (Å²) in [4.78, 5) is 21.1. The summed E-state index contributed by atoms with van der Waals surface area (Å²) >= 11 is 1.48. The van der Waals surface area contributed by atoms with Crippen LogP contribution >= 0.6 is 11.3 Å². The number of thiazole rings is 1. The molecule has 0 aliphatic carbocycles. The smallest absolute Gasteiger partial charge is 0.410 e. The molecule has 0 bridgehead atoms. The normalized spacial score (nSPS) is 16.3. The molecule has 154 valence electrons. The van der Waals surface area contributed by atoms with Crippen LogP contribution in [0.15, 0.2) is 24.3 Å². The third-order valence-corrected chi connectivity index (χ3v) is 6.49. The van der Waals surface area contributed by atoms with Gasteiger partial charge in [-0.25, -0.2) is 9.78 Å². The second kappa shape index (κ2) is 8.00. The molecule has 2 N–H and O–H groups in total. The molecule has 3 aromatic rings. The number of fused-ring (bicyclic) bond motifs is 1. The number of amides is 1. The van der Waals surface area contributed by atoms with E-state index in [4.69, 9.17) is 4.74 Å². The molecule has 1 aliphatic heterocycles. The number of ether oxygens (including phenoxy) is 1. The molecular weight excluding hydrogens is 390 g/mol. The van der Waals surface area contributed by atoms with E-state index < -0.39 is 0 Å². The number of hydrogen-bond donors (Lipinski definition) is 2. The summed E-state index contributed by atoms with van der Waals surface area (Å²) in [5, 5.41) is 15.3. The van der Waals surface area contributed by atoms with Gasteiger partial charge in [0.05, 0.1) is 32.8 Å². The lowest BCUT2D eigenvalue weighted by Gasteiger charge is -2.36. The lowest BCUT2D eigenvalue weighted by atomic mass is 9.98. The molecule has 0 unspecified atom stereocenters. The summed E-state index contributed by atoms with van der Waals surface area (Å²) < 4.78 is 6.67. The van der Waals surface area contributed by atoms with Crippen LogP contribution in [-0.2, 0) is 4.74 Å². The average molecular weight is 417 g/mol. The third kappa shape index (κ3) is 3.67. The van der Waals surface area contributed by atoms with E-state index in [0.29, 0.717) is 30.5 Å². The van der Waals surface area contributed by atoms with Gasteiger partial charge in [0, 0.05) is 5.56 Å². The number of carbonyl (C=O) groups is 1. The van der Waals surface area contributed by atoms with Gasteiger partial charge in [-0.3, -0.25) is 4.90 Å². The van der Waals surface area contributed by atoms with Crippen molar-refractivity contribution in [2.75, 3.05) is 32.8 Å². The van der Waals surface area contributed by atoms with Crippen LogP contribution in [0.25, 0.3) is 4.96 Å². The van der Waals surface area contributed by atoms with E-state index in [1.54, 1.807) is 4.90 Å². The first-order valence-corrected chi connectivity index (χ1v) is 10.7. The van der Waals surface area contributed by atoms with Gasteiger partial charge in [-0.2, -0.15) is 4.52 Å². The van der Waals surface area contributed by atoms with E-state index in [-0.39, 0.29) is 18.0 Å². The maximum absolute atomic E-state index is 12.1. The number of piperazine rings is 1. The van der Waals surface area contributed by atoms with Crippen LogP contribution in [0.3, 0.4) is 0 Å². The molecule has 0 spiro atoms. The van der Waals surface area contributed by atoms with Crippen LogP contribution in [0.5, 0.6) is 5.88 Å². The van der Waals surface area contributed by atoms with E-state index in [0.717, 1.165) is 18.0 Å². The van der Waals surface area contributed by atoms with Gasteiger partial charge in [-0.05, 0) is 26.3 Å². The van der Waals surface area contributed by atoms with Crippen molar-refractivity contribution < 1.29 is 19.5 Å². The molecule has 1 aromatic carbocycles. The number of carbonyl (C=O) groups excluding carboxylic acids is 1. The van der Waals surface area contributed by atoms with E-state index in [2.05, 4.69) is 29.1 Å².